The lowest BCUT2D eigenvalue weighted by atomic mass is 10.1. The zero-order chi connectivity index (χ0) is 15.0. The molecule has 0 aliphatic carbocycles. The number of methoxy groups -OCH3 is 2. The second kappa shape index (κ2) is 8.43. The Morgan fingerprint density at radius 2 is 2.00 bits per heavy atom. The molecule has 1 rings (SSSR count). The van der Waals surface area contributed by atoms with Crippen LogP contribution < -0.4 is 14.8 Å². The van der Waals surface area contributed by atoms with Gasteiger partial charge >= 0.3 is 0 Å². The largest absolute Gasteiger partial charge is 0.493 e. The lowest BCUT2D eigenvalue weighted by Crippen LogP contribution is -2.33. The van der Waals surface area contributed by atoms with Crippen molar-refractivity contribution in [1.29, 1.82) is 0 Å². The first-order valence-corrected chi connectivity index (χ1v) is 6.76. The van der Waals surface area contributed by atoms with E-state index in [2.05, 4.69) is 5.32 Å². The topological polar surface area (TPSA) is 67.8 Å². The third-order valence-electron chi connectivity index (χ3n) is 2.97. The third-order valence-corrected chi connectivity index (χ3v) is 2.97. The molecule has 1 amide bonds. The number of hydrogen-bond acceptors (Lipinski definition) is 4. The molecule has 1 atom stereocenters. The summed E-state index contributed by atoms with van der Waals surface area (Å²) in [6.45, 7) is 2.29. The molecular weight excluding hydrogens is 258 g/mol. The number of nitrogens with one attached hydrogen (secondary N) is 1. The molecule has 0 heterocycles. The fraction of sp³-hybridized carbons (Fsp3) is 0.533. The van der Waals surface area contributed by atoms with Gasteiger partial charge in [-0.3, -0.25) is 4.79 Å². The van der Waals surface area contributed by atoms with Gasteiger partial charge in [-0.15, -0.1) is 0 Å². The second-order valence-electron chi connectivity index (χ2n) is 4.61. The molecule has 1 aromatic rings. The summed E-state index contributed by atoms with van der Waals surface area (Å²) >= 11 is 0. The monoisotopic (exact) mass is 281 g/mol. The highest BCUT2D eigenvalue weighted by Gasteiger charge is 2.09. The number of aliphatic hydroxyl groups excluding tert-OH is 1. The first-order chi connectivity index (χ1) is 9.60. The Bertz CT molecular complexity index is 434. The van der Waals surface area contributed by atoms with E-state index in [1.54, 1.807) is 26.4 Å². The number of amides is 1. The van der Waals surface area contributed by atoms with Gasteiger partial charge in [-0.05, 0) is 24.1 Å². The normalized spacial score (nSPS) is 11.8. The van der Waals surface area contributed by atoms with E-state index < -0.39 is 6.10 Å². The van der Waals surface area contributed by atoms with E-state index in [1.165, 1.54) is 0 Å². The van der Waals surface area contributed by atoms with Crippen LogP contribution in [0.3, 0.4) is 0 Å². The van der Waals surface area contributed by atoms with Crippen molar-refractivity contribution in [3.63, 3.8) is 0 Å². The van der Waals surface area contributed by atoms with Crippen LogP contribution in [0, 0.1) is 0 Å². The summed E-state index contributed by atoms with van der Waals surface area (Å²) in [7, 11) is 3.13. The minimum Gasteiger partial charge on any atom is -0.493 e. The summed E-state index contributed by atoms with van der Waals surface area (Å²) in [6, 6.07) is 5.37. The van der Waals surface area contributed by atoms with Crippen molar-refractivity contribution in [2.45, 2.75) is 32.3 Å². The van der Waals surface area contributed by atoms with Gasteiger partial charge in [0.15, 0.2) is 11.5 Å². The Morgan fingerprint density at radius 3 is 2.60 bits per heavy atom. The van der Waals surface area contributed by atoms with Crippen LogP contribution in [0.25, 0.3) is 0 Å². The van der Waals surface area contributed by atoms with E-state index in [0.29, 0.717) is 24.5 Å². The van der Waals surface area contributed by atoms with Gasteiger partial charge in [-0.25, -0.2) is 0 Å². The second-order valence-corrected chi connectivity index (χ2v) is 4.61. The van der Waals surface area contributed by atoms with Gasteiger partial charge in [-0.1, -0.05) is 19.4 Å². The summed E-state index contributed by atoms with van der Waals surface area (Å²) < 4.78 is 10.3. The van der Waals surface area contributed by atoms with Crippen LogP contribution in [0.1, 0.15) is 25.3 Å². The van der Waals surface area contributed by atoms with E-state index in [1.807, 2.05) is 13.0 Å². The summed E-state index contributed by atoms with van der Waals surface area (Å²) in [5, 5.41) is 12.3. The molecule has 112 valence electrons. The van der Waals surface area contributed by atoms with E-state index >= 15 is 0 Å². The minimum atomic E-state index is -0.477. The predicted molar refractivity (Wildman–Crippen MR) is 77.2 cm³/mol. The molecule has 0 spiro atoms. The molecular formula is C15H23NO4. The fourth-order valence-electron chi connectivity index (χ4n) is 1.91. The molecule has 1 unspecified atom stereocenters. The van der Waals surface area contributed by atoms with Crippen LogP contribution in [0.4, 0.5) is 0 Å². The maximum absolute atomic E-state index is 11.8. The molecule has 0 radical (unpaired) electrons. The van der Waals surface area contributed by atoms with E-state index in [9.17, 15) is 9.90 Å². The Kier molecular flexibility index (Phi) is 6.87. The minimum absolute atomic E-state index is 0.118. The van der Waals surface area contributed by atoms with E-state index in [4.69, 9.17) is 9.47 Å². The van der Waals surface area contributed by atoms with Crippen molar-refractivity contribution >= 4 is 5.91 Å². The molecule has 0 aliphatic rings. The Labute approximate surface area is 119 Å². The van der Waals surface area contributed by atoms with Gasteiger partial charge in [0.2, 0.25) is 5.91 Å². The predicted octanol–water partition coefficient (Wildman–Crippen LogP) is 1.52. The molecule has 0 aromatic heterocycles. The van der Waals surface area contributed by atoms with Crippen molar-refractivity contribution in [3.8, 4) is 11.5 Å². The molecule has 1 aromatic carbocycles. The van der Waals surface area contributed by atoms with Gasteiger partial charge in [0.05, 0.1) is 26.7 Å². The van der Waals surface area contributed by atoms with Crippen LogP contribution >= 0.6 is 0 Å². The molecule has 2 N–H and O–H groups in total. The summed E-state index contributed by atoms with van der Waals surface area (Å²) in [5.74, 6) is 1.12. The Balaban J connectivity index is 2.53. The molecule has 20 heavy (non-hydrogen) atoms. The highest BCUT2D eigenvalue weighted by Crippen LogP contribution is 2.27. The number of ether oxygens (including phenoxy) is 2. The van der Waals surface area contributed by atoms with Crippen molar-refractivity contribution in [2.75, 3.05) is 20.8 Å². The van der Waals surface area contributed by atoms with Crippen LogP contribution in [-0.2, 0) is 11.2 Å². The SMILES string of the molecule is CCCC(O)CNC(=O)Cc1ccc(OC)c(OC)c1. The van der Waals surface area contributed by atoms with Gasteiger partial charge < -0.3 is 19.9 Å². The summed E-state index contributed by atoms with van der Waals surface area (Å²) in [6.07, 6.45) is 1.36. The molecule has 0 aliphatic heterocycles. The zero-order valence-electron chi connectivity index (χ0n) is 12.3. The lowest BCUT2D eigenvalue weighted by molar-refractivity contribution is -0.120. The van der Waals surface area contributed by atoms with Crippen LogP contribution in [0.2, 0.25) is 0 Å². The molecule has 5 nitrogen and oxygen atoms in total. The van der Waals surface area contributed by atoms with Gasteiger partial charge in [0.25, 0.3) is 0 Å². The average molecular weight is 281 g/mol. The Morgan fingerprint density at radius 1 is 1.30 bits per heavy atom. The number of hydrogen-bond donors (Lipinski definition) is 2. The number of carbonyl (C=O) groups excluding carboxylic acids is 1. The smallest absolute Gasteiger partial charge is 0.224 e. The molecule has 0 saturated heterocycles. The maximum Gasteiger partial charge on any atom is 0.224 e. The Hall–Kier alpha value is -1.75. The van der Waals surface area contributed by atoms with Gasteiger partial charge in [0.1, 0.15) is 0 Å². The molecule has 0 fully saturated rings. The fourth-order valence-corrected chi connectivity index (χ4v) is 1.91. The first-order valence-electron chi connectivity index (χ1n) is 6.76. The van der Waals surface area contributed by atoms with E-state index in [-0.39, 0.29) is 12.3 Å². The number of aliphatic hydroxyl groups is 1. The number of carbonyl (C=O) groups is 1. The average Bonchev–Trinajstić information content (AvgIpc) is 2.45. The van der Waals surface area contributed by atoms with Crippen LogP contribution in [0.5, 0.6) is 11.5 Å². The van der Waals surface area contributed by atoms with Crippen molar-refractivity contribution in [2.24, 2.45) is 0 Å². The van der Waals surface area contributed by atoms with Crippen molar-refractivity contribution in [1.82, 2.24) is 5.32 Å². The van der Waals surface area contributed by atoms with E-state index in [0.717, 1.165) is 12.0 Å². The standard InChI is InChI=1S/C15H23NO4/c1-4-5-12(17)10-16-15(18)9-11-6-7-13(19-2)14(8-11)20-3/h6-8,12,17H,4-5,9-10H2,1-3H3,(H,16,18). The number of rotatable bonds is 8. The zero-order valence-corrected chi connectivity index (χ0v) is 12.3. The first kappa shape index (κ1) is 16.3. The third kappa shape index (κ3) is 5.09. The lowest BCUT2D eigenvalue weighted by Gasteiger charge is -2.12. The highest BCUT2D eigenvalue weighted by atomic mass is 16.5. The number of benzene rings is 1. The summed E-state index contributed by atoms with van der Waals surface area (Å²) in [4.78, 5) is 11.8. The molecule has 0 bridgehead atoms. The molecule has 5 heteroatoms. The van der Waals surface area contributed by atoms with Gasteiger partial charge in [0, 0.05) is 6.54 Å². The summed E-state index contributed by atoms with van der Waals surface area (Å²) in [5.41, 5.74) is 0.838. The highest BCUT2D eigenvalue weighted by molar-refractivity contribution is 5.78. The van der Waals surface area contributed by atoms with Crippen LogP contribution in [0.15, 0.2) is 18.2 Å². The van der Waals surface area contributed by atoms with Crippen molar-refractivity contribution < 1.29 is 19.4 Å². The van der Waals surface area contributed by atoms with Crippen molar-refractivity contribution in [3.05, 3.63) is 23.8 Å². The molecule has 0 saturated carbocycles. The van der Waals surface area contributed by atoms with Gasteiger partial charge in [-0.2, -0.15) is 0 Å². The quantitative estimate of drug-likeness (QED) is 0.758. The maximum atomic E-state index is 11.8. The van der Waals surface area contributed by atoms with Crippen LogP contribution in [-0.4, -0.2) is 37.9 Å².